The molecule has 11 rings (SSSR count). The molecule has 0 fully saturated rings. The van der Waals surface area contributed by atoms with E-state index >= 15 is 0 Å². The van der Waals surface area contributed by atoms with E-state index in [2.05, 4.69) is 156 Å². The molecule has 0 saturated heterocycles. The maximum Gasteiger partial charge on any atom is 0.0544 e. The van der Waals surface area contributed by atoms with Crippen LogP contribution in [0.5, 0.6) is 0 Å². The van der Waals surface area contributed by atoms with Gasteiger partial charge in [0.25, 0.3) is 0 Å². The van der Waals surface area contributed by atoms with Gasteiger partial charge < -0.3 is 4.57 Å². The maximum absolute atomic E-state index is 2.55. The Kier molecular flexibility index (Phi) is 6.51. The minimum absolute atomic E-state index is 0.944. The number of para-hydroxylation sites is 1. The van der Waals surface area contributed by atoms with Gasteiger partial charge in [-0.15, -0.1) is 11.3 Å². The molecule has 2 heterocycles. The minimum Gasteiger partial charge on any atom is -0.310 e. The van der Waals surface area contributed by atoms with Crippen LogP contribution < -0.4 is 0 Å². The smallest absolute Gasteiger partial charge is 0.0544 e. The molecule has 2 heteroatoms. The van der Waals surface area contributed by atoms with Crippen LogP contribution in [-0.4, -0.2) is 4.57 Å². The largest absolute Gasteiger partial charge is 0.310 e. The first-order valence-electron chi connectivity index (χ1n) is 18.2. The summed E-state index contributed by atoms with van der Waals surface area (Å²) in [5.41, 5.74) is 13.9. The van der Waals surface area contributed by atoms with E-state index in [1.165, 1.54) is 103 Å². The Balaban J connectivity index is 1.10. The summed E-state index contributed by atoms with van der Waals surface area (Å²) in [6.45, 7) is 0. The van der Waals surface area contributed by atoms with E-state index < -0.39 is 0 Å². The summed E-state index contributed by atoms with van der Waals surface area (Å²) < 4.78 is 5.28. The van der Waals surface area contributed by atoms with E-state index in [0.717, 1.165) is 32.1 Å². The summed E-state index contributed by atoms with van der Waals surface area (Å²) in [6, 6.07) is 49.8. The SMILES string of the molecule is C1=Cc2c(c3cc4c(cc3c3ccccc23)c2c(n4-c3ccccc3)C=C(Cc3ccccc3-c3cccc4c3sc3ccccc34)CC2)CC1. The fraction of sp³-hybridized carbons (Fsp3) is 0.102. The van der Waals surface area contributed by atoms with Crippen molar-refractivity contribution in [2.75, 3.05) is 0 Å². The minimum atomic E-state index is 0.944. The molecule has 242 valence electrons. The van der Waals surface area contributed by atoms with Gasteiger partial charge in [0.1, 0.15) is 0 Å². The Bertz CT molecular complexity index is 2930. The molecule has 0 atom stereocenters. The molecule has 51 heavy (non-hydrogen) atoms. The number of aryl methyl sites for hydroxylation is 2. The molecule has 7 aromatic carbocycles. The van der Waals surface area contributed by atoms with Gasteiger partial charge in [-0.05, 0) is 123 Å². The summed E-state index contributed by atoms with van der Waals surface area (Å²) in [5.74, 6) is 0. The van der Waals surface area contributed by atoms with Gasteiger partial charge in [0.15, 0.2) is 0 Å². The van der Waals surface area contributed by atoms with Crippen LogP contribution in [0.3, 0.4) is 0 Å². The molecular formula is C49H35NS. The van der Waals surface area contributed by atoms with E-state index in [1.54, 1.807) is 0 Å². The zero-order valence-corrected chi connectivity index (χ0v) is 29.1. The zero-order valence-electron chi connectivity index (χ0n) is 28.3. The number of hydrogen-bond donors (Lipinski definition) is 0. The molecule has 9 aromatic rings. The van der Waals surface area contributed by atoms with Gasteiger partial charge in [0.2, 0.25) is 0 Å². The number of allylic oxidation sites excluding steroid dienone is 2. The molecule has 1 nitrogen and oxygen atoms in total. The lowest BCUT2D eigenvalue weighted by Gasteiger charge is -2.19. The van der Waals surface area contributed by atoms with Crippen molar-refractivity contribution in [3.05, 3.63) is 173 Å². The van der Waals surface area contributed by atoms with Gasteiger partial charge >= 0.3 is 0 Å². The van der Waals surface area contributed by atoms with Gasteiger partial charge in [-0.3, -0.25) is 0 Å². The number of thiophene rings is 1. The van der Waals surface area contributed by atoms with E-state index in [0.29, 0.717) is 0 Å². The van der Waals surface area contributed by atoms with Crippen molar-refractivity contribution < 1.29 is 0 Å². The van der Waals surface area contributed by atoms with Crippen molar-refractivity contribution in [1.29, 1.82) is 0 Å². The monoisotopic (exact) mass is 669 g/mol. The summed E-state index contributed by atoms with van der Waals surface area (Å²) in [4.78, 5) is 0. The van der Waals surface area contributed by atoms with Crippen molar-refractivity contribution in [3.63, 3.8) is 0 Å². The lowest BCUT2D eigenvalue weighted by molar-refractivity contribution is 0.882. The van der Waals surface area contributed by atoms with E-state index in [9.17, 15) is 0 Å². The van der Waals surface area contributed by atoms with Crippen LogP contribution in [0, 0.1) is 0 Å². The topological polar surface area (TPSA) is 4.93 Å². The predicted molar refractivity (Wildman–Crippen MR) is 220 cm³/mol. The predicted octanol–water partition coefficient (Wildman–Crippen LogP) is 13.5. The van der Waals surface area contributed by atoms with Gasteiger partial charge in [-0.1, -0.05) is 121 Å². The van der Waals surface area contributed by atoms with Crippen molar-refractivity contribution in [2.45, 2.75) is 32.1 Å². The molecule has 2 aliphatic rings. The van der Waals surface area contributed by atoms with Gasteiger partial charge in [-0.25, -0.2) is 0 Å². The van der Waals surface area contributed by atoms with Crippen LogP contribution in [0.2, 0.25) is 0 Å². The highest BCUT2D eigenvalue weighted by Gasteiger charge is 2.24. The quantitative estimate of drug-likeness (QED) is 0.164. The second-order valence-electron chi connectivity index (χ2n) is 14.2. The third-order valence-electron chi connectivity index (χ3n) is 11.4. The van der Waals surface area contributed by atoms with Crippen LogP contribution in [-0.2, 0) is 19.3 Å². The summed E-state index contributed by atoms with van der Waals surface area (Å²) in [6.07, 6.45) is 12.5. The summed E-state index contributed by atoms with van der Waals surface area (Å²) in [7, 11) is 0. The molecule has 0 amide bonds. The average Bonchev–Trinajstić information content (AvgIpc) is 3.73. The van der Waals surface area contributed by atoms with E-state index in [1.807, 2.05) is 11.3 Å². The first kappa shape index (κ1) is 29.1. The normalized spacial score (nSPS) is 14.1. The Morgan fingerprint density at radius 1 is 0.549 bits per heavy atom. The first-order chi connectivity index (χ1) is 25.3. The number of fused-ring (bicyclic) bond motifs is 12. The fourth-order valence-electron chi connectivity index (χ4n) is 9.14. The Morgan fingerprint density at radius 3 is 2.24 bits per heavy atom. The molecule has 0 saturated carbocycles. The third kappa shape index (κ3) is 4.46. The molecule has 0 unspecified atom stereocenters. The average molecular weight is 670 g/mol. The molecule has 0 radical (unpaired) electrons. The van der Waals surface area contributed by atoms with Crippen molar-refractivity contribution in [2.24, 2.45) is 0 Å². The number of rotatable bonds is 4. The summed E-state index contributed by atoms with van der Waals surface area (Å²) in [5, 5.41) is 9.63. The molecular weight excluding hydrogens is 635 g/mol. The number of nitrogens with zero attached hydrogens (tertiary/aromatic N) is 1. The van der Waals surface area contributed by atoms with Crippen LogP contribution >= 0.6 is 11.3 Å². The highest BCUT2D eigenvalue weighted by Crippen LogP contribution is 2.44. The number of benzene rings is 7. The zero-order chi connectivity index (χ0) is 33.5. The van der Waals surface area contributed by atoms with Crippen LogP contribution in [0.15, 0.2) is 145 Å². The first-order valence-corrected chi connectivity index (χ1v) is 19.1. The molecule has 2 aromatic heterocycles. The Hall–Kier alpha value is -5.70. The number of hydrogen-bond acceptors (Lipinski definition) is 1. The molecule has 0 spiro atoms. The number of aromatic nitrogens is 1. The lowest BCUT2D eigenvalue weighted by atomic mass is 9.85. The van der Waals surface area contributed by atoms with Gasteiger partial charge in [-0.2, -0.15) is 0 Å². The fourth-order valence-corrected chi connectivity index (χ4v) is 10.4. The van der Waals surface area contributed by atoms with Gasteiger partial charge in [0, 0.05) is 36.9 Å². The highest BCUT2D eigenvalue weighted by atomic mass is 32.1. The highest BCUT2D eigenvalue weighted by molar-refractivity contribution is 7.26. The summed E-state index contributed by atoms with van der Waals surface area (Å²) >= 11 is 1.92. The van der Waals surface area contributed by atoms with E-state index in [-0.39, 0.29) is 0 Å². The van der Waals surface area contributed by atoms with Crippen LogP contribution in [0.1, 0.15) is 40.8 Å². The standard InChI is InChI=1S/C49H35NS/c1-2-14-33(15-3-1)50-46-28-31(27-32-13-4-5-16-34(32)41-22-12-23-42-40-21-10-11-24-48(40)51-49(41)42)25-26-39(46)45-29-43-37-19-8-6-17-35(37)36-18-7-9-20-38(36)44(43)30-47(45)50/h1-8,10-19,21-24,28-30H,9,20,25-27H2. The van der Waals surface area contributed by atoms with Crippen LogP contribution in [0.25, 0.3) is 81.6 Å². The molecule has 0 bridgehead atoms. The Labute approximate surface area is 301 Å². The van der Waals surface area contributed by atoms with E-state index in [4.69, 9.17) is 0 Å². The van der Waals surface area contributed by atoms with Crippen molar-refractivity contribution in [1.82, 2.24) is 4.57 Å². The second-order valence-corrected chi connectivity index (χ2v) is 15.3. The van der Waals surface area contributed by atoms with Crippen LogP contribution in [0.4, 0.5) is 0 Å². The van der Waals surface area contributed by atoms with Crippen molar-refractivity contribution in [3.8, 4) is 16.8 Å². The second kappa shape index (κ2) is 11.4. The van der Waals surface area contributed by atoms with Gasteiger partial charge in [0.05, 0.1) is 5.52 Å². The molecule has 2 aliphatic carbocycles. The maximum atomic E-state index is 2.55. The third-order valence-corrected chi connectivity index (χ3v) is 12.7. The lowest BCUT2D eigenvalue weighted by Crippen LogP contribution is -2.05. The van der Waals surface area contributed by atoms with Crippen molar-refractivity contribution >= 4 is 76.1 Å². The Morgan fingerprint density at radius 2 is 1.31 bits per heavy atom. The molecule has 0 N–H and O–H groups in total. The molecule has 0 aliphatic heterocycles.